The molecule has 1 amide bonds. The molecule has 3 aromatic carbocycles. The Kier molecular flexibility index (Phi) is 5.24. The number of aromatic amines is 1. The van der Waals surface area contributed by atoms with Crippen LogP contribution in [0.5, 0.6) is 0 Å². The number of hydrogen-bond donors (Lipinski definition) is 2. The molecule has 3 nitrogen and oxygen atoms in total. The fourth-order valence-electron chi connectivity index (χ4n) is 3.73. The summed E-state index contributed by atoms with van der Waals surface area (Å²) < 4.78 is 0. The number of H-pyrrole nitrogens is 1. The normalized spacial score (nSPS) is 12.0. The van der Waals surface area contributed by atoms with Crippen LogP contribution in [0.25, 0.3) is 10.9 Å². The van der Waals surface area contributed by atoms with E-state index in [1.807, 2.05) is 60.7 Å². The van der Waals surface area contributed by atoms with E-state index in [2.05, 4.69) is 41.5 Å². The molecule has 2 N–H and O–H groups in total. The predicted molar refractivity (Wildman–Crippen MR) is 114 cm³/mol. The van der Waals surface area contributed by atoms with Crippen LogP contribution in [-0.2, 0) is 6.42 Å². The number of nitrogens with one attached hydrogen (secondary N) is 2. The van der Waals surface area contributed by atoms with Gasteiger partial charge in [-0.25, -0.2) is 0 Å². The molecule has 4 aromatic rings. The summed E-state index contributed by atoms with van der Waals surface area (Å²) >= 11 is 0. The lowest BCUT2D eigenvalue weighted by molar-refractivity contribution is 0.0936. The Morgan fingerprint density at radius 3 is 2.25 bits per heavy atom. The van der Waals surface area contributed by atoms with Gasteiger partial charge in [0.1, 0.15) is 0 Å². The van der Waals surface area contributed by atoms with E-state index >= 15 is 0 Å². The van der Waals surface area contributed by atoms with Gasteiger partial charge in [-0.05, 0) is 23.6 Å². The second kappa shape index (κ2) is 8.13. The van der Waals surface area contributed by atoms with Gasteiger partial charge in [-0.3, -0.25) is 4.79 Å². The molecule has 28 heavy (non-hydrogen) atoms. The number of amides is 1. The van der Waals surface area contributed by atoms with E-state index in [9.17, 15) is 4.79 Å². The monoisotopic (exact) mass is 368 g/mol. The standard InChI is InChI=1S/C25H24N2O/c1-2-21(19-13-7-4-8-14-19)27-25(28)24-20-15-9-10-16-22(20)26-23(24)17-18-11-5-3-6-12-18/h3-16,21,26H,2,17H2,1H3,(H,27,28). The van der Waals surface area contributed by atoms with Gasteiger partial charge in [-0.1, -0.05) is 85.8 Å². The van der Waals surface area contributed by atoms with E-state index in [4.69, 9.17) is 0 Å². The Morgan fingerprint density at radius 2 is 1.54 bits per heavy atom. The van der Waals surface area contributed by atoms with Crippen molar-refractivity contribution in [2.45, 2.75) is 25.8 Å². The molecule has 0 aliphatic carbocycles. The SMILES string of the molecule is CCC(NC(=O)c1c(Cc2ccccc2)[nH]c2ccccc12)c1ccccc1. The van der Waals surface area contributed by atoms with Crippen LogP contribution in [0.1, 0.15) is 46.6 Å². The van der Waals surface area contributed by atoms with Crippen LogP contribution in [0.3, 0.4) is 0 Å². The molecule has 140 valence electrons. The van der Waals surface area contributed by atoms with Gasteiger partial charge in [-0.2, -0.15) is 0 Å². The molecule has 0 spiro atoms. The molecule has 0 fully saturated rings. The van der Waals surface area contributed by atoms with Gasteiger partial charge in [0, 0.05) is 23.0 Å². The van der Waals surface area contributed by atoms with Crippen molar-refractivity contribution in [1.29, 1.82) is 0 Å². The van der Waals surface area contributed by atoms with Crippen molar-refractivity contribution < 1.29 is 4.79 Å². The Labute approximate surface area is 165 Å². The number of carbonyl (C=O) groups is 1. The van der Waals surface area contributed by atoms with E-state index in [1.165, 1.54) is 5.56 Å². The van der Waals surface area contributed by atoms with Crippen LogP contribution in [0.15, 0.2) is 84.9 Å². The summed E-state index contributed by atoms with van der Waals surface area (Å²) in [6, 6.07) is 28.4. The van der Waals surface area contributed by atoms with Crippen LogP contribution in [0.4, 0.5) is 0 Å². The summed E-state index contributed by atoms with van der Waals surface area (Å²) in [5.41, 5.74) is 4.99. The van der Waals surface area contributed by atoms with E-state index in [0.717, 1.165) is 34.1 Å². The van der Waals surface area contributed by atoms with E-state index in [0.29, 0.717) is 6.42 Å². The van der Waals surface area contributed by atoms with Crippen LogP contribution >= 0.6 is 0 Å². The van der Waals surface area contributed by atoms with Gasteiger partial charge in [0.05, 0.1) is 11.6 Å². The number of fused-ring (bicyclic) bond motifs is 1. The first-order chi connectivity index (χ1) is 13.8. The number of para-hydroxylation sites is 1. The number of aromatic nitrogens is 1. The Hall–Kier alpha value is -3.33. The summed E-state index contributed by atoms with van der Waals surface area (Å²) in [5, 5.41) is 4.21. The van der Waals surface area contributed by atoms with Crippen LogP contribution < -0.4 is 5.32 Å². The first kappa shape index (κ1) is 18.1. The minimum absolute atomic E-state index is 0.00747. The van der Waals surface area contributed by atoms with Gasteiger partial charge in [0.25, 0.3) is 5.91 Å². The van der Waals surface area contributed by atoms with E-state index < -0.39 is 0 Å². The average molecular weight is 368 g/mol. The van der Waals surface area contributed by atoms with Crippen molar-refractivity contribution in [3.63, 3.8) is 0 Å². The zero-order valence-corrected chi connectivity index (χ0v) is 16.0. The Balaban J connectivity index is 1.70. The lowest BCUT2D eigenvalue weighted by atomic mass is 10.0. The highest BCUT2D eigenvalue weighted by molar-refractivity contribution is 6.08. The lowest BCUT2D eigenvalue weighted by Crippen LogP contribution is -2.28. The van der Waals surface area contributed by atoms with E-state index in [-0.39, 0.29) is 11.9 Å². The number of benzene rings is 3. The fraction of sp³-hybridized carbons (Fsp3) is 0.160. The van der Waals surface area contributed by atoms with Gasteiger partial charge < -0.3 is 10.3 Å². The zero-order chi connectivity index (χ0) is 19.3. The van der Waals surface area contributed by atoms with Crippen molar-refractivity contribution in [1.82, 2.24) is 10.3 Å². The molecule has 1 unspecified atom stereocenters. The van der Waals surface area contributed by atoms with Crippen molar-refractivity contribution in [2.75, 3.05) is 0 Å². The third-order valence-corrected chi connectivity index (χ3v) is 5.15. The lowest BCUT2D eigenvalue weighted by Gasteiger charge is -2.18. The van der Waals surface area contributed by atoms with Gasteiger partial charge in [-0.15, -0.1) is 0 Å². The fourth-order valence-corrected chi connectivity index (χ4v) is 3.73. The summed E-state index contributed by atoms with van der Waals surface area (Å²) in [6.07, 6.45) is 1.53. The quantitative estimate of drug-likeness (QED) is 0.454. The highest BCUT2D eigenvalue weighted by atomic mass is 16.1. The highest BCUT2D eigenvalue weighted by Crippen LogP contribution is 2.26. The van der Waals surface area contributed by atoms with Crippen molar-refractivity contribution in [2.24, 2.45) is 0 Å². The molecule has 3 heteroatoms. The molecule has 1 atom stereocenters. The van der Waals surface area contributed by atoms with Crippen LogP contribution in [-0.4, -0.2) is 10.9 Å². The maximum absolute atomic E-state index is 13.3. The van der Waals surface area contributed by atoms with Gasteiger partial charge in [0.15, 0.2) is 0 Å². The minimum atomic E-state index is -0.0286. The molecule has 0 radical (unpaired) electrons. The first-order valence-electron chi connectivity index (χ1n) is 9.75. The minimum Gasteiger partial charge on any atom is -0.357 e. The molecule has 0 saturated carbocycles. The number of rotatable bonds is 6. The van der Waals surface area contributed by atoms with Gasteiger partial charge in [0.2, 0.25) is 0 Å². The van der Waals surface area contributed by atoms with Crippen molar-refractivity contribution in [3.8, 4) is 0 Å². The zero-order valence-electron chi connectivity index (χ0n) is 16.0. The molecule has 0 bridgehead atoms. The third-order valence-electron chi connectivity index (χ3n) is 5.15. The molecule has 0 aliphatic heterocycles. The molecule has 4 rings (SSSR count). The maximum Gasteiger partial charge on any atom is 0.254 e. The smallest absolute Gasteiger partial charge is 0.254 e. The topological polar surface area (TPSA) is 44.9 Å². The van der Waals surface area contributed by atoms with Crippen LogP contribution in [0.2, 0.25) is 0 Å². The molecule has 1 heterocycles. The third kappa shape index (κ3) is 3.70. The Bertz CT molecular complexity index is 1070. The first-order valence-corrected chi connectivity index (χ1v) is 9.75. The average Bonchev–Trinajstić information content (AvgIpc) is 3.11. The van der Waals surface area contributed by atoms with E-state index in [1.54, 1.807) is 0 Å². The second-order valence-electron chi connectivity index (χ2n) is 7.03. The molecule has 0 saturated heterocycles. The summed E-state index contributed by atoms with van der Waals surface area (Å²) in [4.78, 5) is 16.8. The van der Waals surface area contributed by atoms with Gasteiger partial charge >= 0.3 is 0 Å². The number of carbonyl (C=O) groups excluding carboxylic acids is 1. The summed E-state index contributed by atoms with van der Waals surface area (Å²) in [5.74, 6) is -0.0286. The largest absolute Gasteiger partial charge is 0.357 e. The molecular weight excluding hydrogens is 344 g/mol. The second-order valence-corrected chi connectivity index (χ2v) is 7.03. The van der Waals surface area contributed by atoms with Crippen molar-refractivity contribution in [3.05, 3.63) is 107 Å². The maximum atomic E-state index is 13.3. The van der Waals surface area contributed by atoms with Crippen LogP contribution in [0, 0.1) is 0 Å². The number of hydrogen-bond acceptors (Lipinski definition) is 1. The summed E-state index contributed by atoms with van der Waals surface area (Å²) in [7, 11) is 0. The predicted octanol–water partition coefficient (Wildman–Crippen LogP) is 5.64. The molecule has 0 aliphatic rings. The van der Waals surface area contributed by atoms with Crippen molar-refractivity contribution >= 4 is 16.8 Å². The molecular formula is C25H24N2O. The Morgan fingerprint density at radius 1 is 0.893 bits per heavy atom. The molecule has 1 aromatic heterocycles. The highest BCUT2D eigenvalue weighted by Gasteiger charge is 2.21. The summed E-state index contributed by atoms with van der Waals surface area (Å²) in [6.45, 7) is 2.10.